The molecule has 0 aliphatic carbocycles. The number of carbonyl (C=O) groups is 1. The van der Waals surface area contributed by atoms with Crippen molar-refractivity contribution in [1.82, 2.24) is 24.6 Å². The number of nitrogens with zero attached hydrogens (tertiary/aromatic N) is 7. The van der Waals surface area contributed by atoms with Gasteiger partial charge in [-0.15, -0.1) is 0 Å². The average molecular weight is 399 g/mol. The predicted octanol–water partition coefficient (Wildman–Crippen LogP) is 0.453. The van der Waals surface area contributed by atoms with E-state index >= 15 is 0 Å². The van der Waals surface area contributed by atoms with Gasteiger partial charge in [0, 0.05) is 70.8 Å². The highest BCUT2D eigenvalue weighted by atomic mass is 16.3. The van der Waals surface area contributed by atoms with Crippen LogP contribution >= 0.6 is 0 Å². The van der Waals surface area contributed by atoms with Gasteiger partial charge < -0.3 is 19.8 Å². The highest BCUT2D eigenvalue weighted by molar-refractivity contribution is 5.76. The summed E-state index contributed by atoms with van der Waals surface area (Å²) < 4.78 is 1.82. The van der Waals surface area contributed by atoms with Crippen LogP contribution in [0.1, 0.15) is 25.0 Å². The Morgan fingerprint density at radius 3 is 2.79 bits per heavy atom. The third kappa shape index (κ3) is 4.67. The highest BCUT2D eigenvalue weighted by Crippen LogP contribution is 2.21. The van der Waals surface area contributed by atoms with E-state index in [1.54, 1.807) is 12.4 Å². The Hall–Kier alpha value is -2.68. The van der Waals surface area contributed by atoms with Gasteiger partial charge in [0.15, 0.2) is 0 Å². The Bertz CT molecular complexity index is 840. The second-order valence-corrected chi connectivity index (χ2v) is 7.77. The normalized spacial score (nSPS) is 20.2. The van der Waals surface area contributed by atoms with E-state index in [9.17, 15) is 9.90 Å². The molecule has 2 saturated heterocycles. The molecule has 2 fully saturated rings. The number of aryl methyl sites for hydroxylation is 2. The smallest absolute Gasteiger partial charge is 0.227 e. The molecule has 1 unspecified atom stereocenters. The molecule has 2 aromatic heterocycles. The number of amides is 1. The van der Waals surface area contributed by atoms with Gasteiger partial charge in [-0.05, 0) is 31.4 Å². The van der Waals surface area contributed by atoms with Crippen molar-refractivity contribution in [2.24, 2.45) is 7.05 Å². The van der Waals surface area contributed by atoms with Gasteiger partial charge in [0.1, 0.15) is 5.82 Å². The molecule has 0 saturated carbocycles. The summed E-state index contributed by atoms with van der Waals surface area (Å²) in [6, 6.07) is 3.86. The van der Waals surface area contributed by atoms with Crippen molar-refractivity contribution < 1.29 is 9.90 Å². The first-order valence-electron chi connectivity index (χ1n) is 10.4. The number of β-amino-alcohol motifs (C(OH)–C–C–N with tert-alkyl or cyclic N) is 1. The van der Waals surface area contributed by atoms with E-state index in [1.165, 1.54) is 0 Å². The number of hydrogen-bond acceptors (Lipinski definition) is 7. The maximum absolute atomic E-state index is 12.7. The van der Waals surface area contributed by atoms with E-state index in [2.05, 4.69) is 19.9 Å². The topological polar surface area (TPSA) is 90.6 Å². The van der Waals surface area contributed by atoms with Gasteiger partial charge in [0.25, 0.3) is 0 Å². The second kappa shape index (κ2) is 8.77. The quantitative estimate of drug-likeness (QED) is 0.781. The molecule has 1 amide bonds. The molecule has 9 heteroatoms. The molecule has 4 rings (SSSR count). The van der Waals surface area contributed by atoms with Gasteiger partial charge in [-0.25, -0.2) is 4.98 Å². The van der Waals surface area contributed by atoms with Crippen LogP contribution in [0, 0.1) is 0 Å². The summed E-state index contributed by atoms with van der Waals surface area (Å²) >= 11 is 0. The molecule has 0 spiro atoms. The second-order valence-electron chi connectivity index (χ2n) is 7.77. The monoisotopic (exact) mass is 399 g/mol. The number of aliphatic hydroxyl groups is 1. The van der Waals surface area contributed by atoms with Crippen molar-refractivity contribution in [3.05, 3.63) is 30.2 Å². The minimum absolute atomic E-state index is 0.189. The van der Waals surface area contributed by atoms with Gasteiger partial charge in [-0.2, -0.15) is 10.1 Å². The maximum atomic E-state index is 12.7. The van der Waals surface area contributed by atoms with E-state index in [4.69, 9.17) is 4.98 Å². The molecule has 0 aromatic carbocycles. The Morgan fingerprint density at radius 1 is 1.14 bits per heavy atom. The van der Waals surface area contributed by atoms with Crippen LogP contribution in [0.5, 0.6) is 0 Å². The van der Waals surface area contributed by atoms with E-state index in [0.717, 1.165) is 50.5 Å². The van der Waals surface area contributed by atoms with Crippen LogP contribution in [-0.4, -0.2) is 81.0 Å². The lowest BCUT2D eigenvalue weighted by Gasteiger charge is -2.23. The molecule has 29 heavy (non-hydrogen) atoms. The van der Waals surface area contributed by atoms with Crippen molar-refractivity contribution in [1.29, 1.82) is 0 Å². The van der Waals surface area contributed by atoms with E-state index < -0.39 is 0 Å². The molecule has 2 aromatic rings. The minimum Gasteiger partial charge on any atom is -0.391 e. The van der Waals surface area contributed by atoms with Crippen molar-refractivity contribution in [3.63, 3.8) is 0 Å². The van der Waals surface area contributed by atoms with Gasteiger partial charge in [0.05, 0.1) is 6.10 Å². The van der Waals surface area contributed by atoms with Gasteiger partial charge >= 0.3 is 0 Å². The number of carbonyl (C=O) groups excluding carboxylic acids is 1. The Morgan fingerprint density at radius 2 is 2.03 bits per heavy atom. The summed E-state index contributed by atoms with van der Waals surface area (Å²) in [5.41, 5.74) is 1.08. The fourth-order valence-electron chi connectivity index (χ4n) is 4.02. The lowest BCUT2D eigenvalue weighted by atomic mass is 10.2. The van der Waals surface area contributed by atoms with Crippen LogP contribution in [0.2, 0.25) is 0 Å². The lowest BCUT2D eigenvalue weighted by molar-refractivity contribution is -0.130. The standard InChI is InChI=1S/C20H29N7O2/c1-24-16(5-9-22-24)3-4-19(29)25-10-2-11-26(14-13-25)20-21-8-6-18(23-20)27-12-7-17(28)15-27/h5-6,8-9,17,28H,2-4,7,10-15H2,1H3. The first-order chi connectivity index (χ1) is 14.1. The van der Waals surface area contributed by atoms with Crippen LogP contribution in [0.15, 0.2) is 24.5 Å². The number of aromatic nitrogens is 4. The zero-order valence-electron chi connectivity index (χ0n) is 16.9. The zero-order chi connectivity index (χ0) is 20.2. The molecule has 2 aliphatic heterocycles. The van der Waals surface area contributed by atoms with Crippen molar-refractivity contribution in [2.45, 2.75) is 31.8 Å². The Labute approximate surface area is 171 Å². The third-order valence-electron chi connectivity index (χ3n) is 5.76. The van der Waals surface area contributed by atoms with Crippen LogP contribution in [-0.2, 0) is 18.3 Å². The molecule has 4 heterocycles. The van der Waals surface area contributed by atoms with Crippen LogP contribution in [0.4, 0.5) is 11.8 Å². The van der Waals surface area contributed by atoms with Crippen molar-refractivity contribution in [2.75, 3.05) is 49.1 Å². The summed E-state index contributed by atoms with van der Waals surface area (Å²) in [5.74, 6) is 1.75. The molecule has 0 bridgehead atoms. The minimum atomic E-state index is -0.280. The maximum Gasteiger partial charge on any atom is 0.227 e. The first-order valence-corrected chi connectivity index (χ1v) is 10.4. The predicted molar refractivity (Wildman–Crippen MR) is 110 cm³/mol. The molecule has 0 radical (unpaired) electrons. The van der Waals surface area contributed by atoms with Crippen molar-refractivity contribution in [3.8, 4) is 0 Å². The number of aliphatic hydroxyl groups excluding tert-OH is 1. The molecule has 9 nitrogen and oxygen atoms in total. The largest absolute Gasteiger partial charge is 0.391 e. The molecule has 156 valence electrons. The number of anilines is 2. The highest BCUT2D eigenvalue weighted by Gasteiger charge is 2.24. The number of rotatable bonds is 5. The third-order valence-corrected chi connectivity index (χ3v) is 5.76. The summed E-state index contributed by atoms with van der Waals surface area (Å²) in [6.45, 7) is 4.44. The molecular formula is C20H29N7O2. The summed E-state index contributed by atoms with van der Waals surface area (Å²) in [5, 5.41) is 13.9. The zero-order valence-corrected chi connectivity index (χ0v) is 16.9. The molecule has 2 aliphatic rings. The fourth-order valence-corrected chi connectivity index (χ4v) is 4.02. The SMILES string of the molecule is Cn1nccc1CCC(=O)N1CCCN(c2nccc(N3CCC(O)C3)n2)CC1. The summed E-state index contributed by atoms with van der Waals surface area (Å²) in [6.07, 6.45) is 6.15. The van der Waals surface area contributed by atoms with Crippen LogP contribution in [0.3, 0.4) is 0 Å². The van der Waals surface area contributed by atoms with E-state index in [0.29, 0.717) is 31.9 Å². The lowest BCUT2D eigenvalue weighted by Crippen LogP contribution is -2.36. The fraction of sp³-hybridized carbons (Fsp3) is 0.600. The Balaban J connectivity index is 1.34. The van der Waals surface area contributed by atoms with Crippen LogP contribution in [0.25, 0.3) is 0 Å². The first kappa shape index (κ1) is 19.6. The molecular weight excluding hydrogens is 370 g/mol. The number of hydrogen-bond donors (Lipinski definition) is 1. The van der Waals surface area contributed by atoms with Gasteiger partial charge in [0.2, 0.25) is 11.9 Å². The molecule has 1 N–H and O–H groups in total. The van der Waals surface area contributed by atoms with E-state index in [1.807, 2.05) is 28.8 Å². The van der Waals surface area contributed by atoms with Crippen LogP contribution < -0.4 is 9.80 Å². The summed E-state index contributed by atoms with van der Waals surface area (Å²) in [4.78, 5) is 28.1. The van der Waals surface area contributed by atoms with E-state index in [-0.39, 0.29) is 12.0 Å². The van der Waals surface area contributed by atoms with Gasteiger partial charge in [-0.1, -0.05) is 0 Å². The van der Waals surface area contributed by atoms with Crippen molar-refractivity contribution >= 4 is 17.7 Å². The molecule has 1 atom stereocenters. The Kier molecular flexibility index (Phi) is 5.94. The van der Waals surface area contributed by atoms with Gasteiger partial charge in [-0.3, -0.25) is 9.48 Å². The average Bonchev–Trinajstić information content (AvgIpc) is 3.26. The summed E-state index contributed by atoms with van der Waals surface area (Å²) in [7, 11) is 1.90.